The van der Waals surface area contributed by atoms with Gasteiger partial charge in [-0.05, 0) is 24.5 Å². The molecule has 0 fully saturated rings. The van der Waals surface area contributed by atoms with Gasteiger partial charge in [-0.25, -0.2) is 0 Å². The number of rotatable bonds is 5. The summed E-state index contributed by atoms with van der Waals surface area (Å²) in [5, 5.41) is 8.58. The van der Waals surface area contributed by atoms with Crippen LogP contribution in [0.5, 0.6) is 0 Å². The van der Waals surface area contributed by atoms with Crippen LogP contribution in [0.4, 0.5) is 0 Å². The number of aryl methyl sites for hydroxylation is 1. The molecule has 1 aromatic rings. The van der Waals surface area contributed by atoms with Crippen LogP contribution in [0, 0.1) is 0 Å². The second kappa shape index (κ2) is 5.26. The maximum absolute atomic E-state index is 10.5. The van der Waals surface area contributed by atoms with E-state index in [9.17, 15) is 9.59 Å². The van der Waals surface area contributed by atoms with Crippen molar-refractivity contribution in [1.82, 2.24) is 0 Å². The molecular weight excluding hydrogens is 194 g/mol. The molecule has 0 unspecified atom stereocenters. The Kier molecular flexibility index (Phi) is 4.00. The van der Waals surface area contributed by atoms with Gasteiger partial charge in [-0.15, -0.1) is 0 Å². The minimum Gasteiger partial charge on any atom is -0.480 e. The number of carbonyl (C=O) groups is 2. The predicted molar refractivity (Wildman–Crippen MR) is 55.8 cm³/mol. The molecule has 15 heavy (non-hydrogen) atoms. The molecule has 0 saturated carbocycles. The van der Waals surface area contributed by atoms with Gasteiger partial charge in [-0.3, -0.25) is 9.59 Å². The molecule has 4 nitrogen and oxygen atoms in total. The third-order valence-corrected chi connectivity index (χ3v) is 2.15. The van der Waals surface area contributed by atoms with Crippen LogP contribution in [-0.2, 0) is 11.2 Å². The molecule has 0 radical (unpaired) electrons. The molecular formula is C11H13NO3. The largest absolute Gasteiger partial charge is 0.480 e. The lowest BCUT2D eigenvalue weighted by molar-refractivity contribution is -0.138. The Morgan fingerprint density at radius 3 is 2.87 bits per heavy atom. The molecule has 3 N–H and O–H groups in total. The van der Waals surface area contributed by atoms with Gasteiger partial charge in [-0.1, -0.05) is 18.2 Å². The highest BCUT2D eigenvalue weighted by atomic mass is 16.4. The van der Waals surface area contributed by atoms with Gasteiger partial charge in [0.25, 0.3) is 0 Å². The molecule has 0 saturated heterocycles. The summed E-state index contributed by atoms with van der Waals surface area (Å²) in [6.45, 7) is 0. The number of benzene rings is 1. The molecule has 0 spiro atoms. The van der Waals surface area contributed by atoms with Crippen LogP contribution in [0.2, 0.25) is 0 Å². The quantitative estimate of drug-likeness (QED) is 0.701. The third-order valence-electron chi connectivity index (χ3n) is 2.15. The first-order valence-corrected chi connectivity index (χ1v) is 4.66. The Hall–Kier alpha value is -1.68. The van der Waals surface area contributed by atoms with Gasteiger partial charge in [0.2, 0.25) is 0 Å². The number of carbonyl (C=O) groups excluding carboxylic acids is 1. The van der Waals surface area contributed by atoms with Gasteiger partial charge in [0.05, 0.1) is 0 Å². The molecule has 80 valence electrons. The van der Waals surface area contributed by atoms with Crippen LogP contribution >= 0.6 is 0 Å². The summed E-state index contributed by atoms with van der Waals surface area (Å²) in [5.74, 6) is -0.999. The maximum Gasteiger partial charge on any atom is 0.320 e. The van der Waals surface area contributed by atoms with Gasteiger partial charge in [0.15, 0.2) is 0 Å². The first-order valence-electron chi connectivity index (χ1n) is 4.66. The summed E-state index contributed by atoms with van der Waals surface area (Å²) in [5.41, 5.74) is 6.89. The van der Waals surface area contributed by atoms with Crippen molar-refractivity contribution in [3.63, 3.8) is 0 Å². The van der Waals surface area contributed by atoms with E-state index in [2.05, 4.69) is 0 Å². The molecule has 0 aliphatic rings. The van der Waals surface area contributed by atoms with Crippen molar-refractivity contribution in [1.29, 1.82) is 0 Å². The highest BCUT2D eigenvalue weighted by Crippen LogP contribution is 2.07. The zero-order valence-corrected chi connectivity index (χ0v) is 8.22. The summed E-state index contributed by atoms with van der Waals surface area (Å²) in [6.07, 6.45) is 1.70. The van der Waals surface area contributed by atoms with Crippen LogP contribution in [0.1, 0.15) is 22.3 Å². The Bertz CT molecular complexity index is 363. The zero-order valence-electron chi connectivity index (χ0n) is 8.22. The number of hydrogen-bond donors (Lipinski definition) is 2. The molecule has 1 rings (SSSR count). The summed E-state index contributed by atoms with van der Waals surface area (Å²) in [6, 6.07) is 6.21. The van der Waals surface area contributed by atoms with E-state index in [1.165, 1.54) is 0 Å². The number of carboxylic acids is 1. The SMILES string of the molecule is N[C@@H](CCc1cccc(C=O)c1)C(=O)O. The predicted octanol–water partition coefficient (Wildman–Crippen LogP) is 0.844. The summed E-state index contributed by atoms with van der Waals surface area (Å²) in [7, 11) is 0. The lowest BCUT2D eigenvalue weighted by Crippen LogP contribution is -2.30. The summed E-state index contributed by atoms with van der Waals surface area (Å²) < 4.78 is 0. The molecule has 0 heterocycles. The monoisotopic (exact) mass is 207 g/mol. The van der Waals surface area contributed by atoms with E-state index in [-0.39, 0.29) is 0 Å². The van der Waals surface area contributed by atoms with Crippen LogP contribution in [-0.4, -0.2) is 23.4 Å². The Labute approximate surface area is 87.7 Å². The average molecular weight is 207 g/mol. The second-order valence-electron chi connectivity index (χ2n) is 3.35. The molecule has 4 heteroatoms. The van der Waals surface area contributed by atoms with Crippen molar-refractivity contribution >= 4 is 12.3 Å². The lowest BCUT2D eigenvalue weighted by Gasteiger charge is -2.06. The Morgan fingerprint density at radius 2 is 2.27 bits per heavy atom. The molecule has 0 aliphatic heterocycles. The fraction of sp³-hybridized carbons (Fsp3) is 0.273. The highest BCUT2D eigenvalue weighted by Gasteiger charge is 2.10. The van der Waals surface area contributed by atoms with Crippen molar-refractivity contribution < 1.29 is 14.7 Å². The minimum atomic E-state index is -0.999. The highest BCUT2D eigenvalue weighted by molar-refractivity contribution is 5.75. The van der Waals surface area contributed by atoms with E-state index in [1.54, 1.807) is 18.2 Å². The fourth-order valence-electron chi connectivity index (χ4n) is 1.27. The van der Waals surface area contributed by atoms with E-state index in [1.807, 2.05) is 6.07 Å². The van der Waals surface area contributed by atoms with Crippen molar-refractivity contribution in [2.24, 2.45) is 5.73 Å². The third kappa shape index (κ3) is 3.52. The van der Waals surface area contributed by atoms with Crippen LogP contribution in [0.15, 0.2) is 24.3 Å². The number of aldehydes is 1. The molecule has 1 aromatic carbocycles. The van der Waals surface area contributed by atoms with Crippen LogP contribution < -0.4 is 5.73 Å². The molecule has 0 aromatic heterocycles. The topological polar surface area (TPSA) is 80.4 Å². The zero-order chi connectivity index (χ0) is 11.3. The maximum atomic E-state index is 10.5. The van der Waals surface area contributed by atoms with E-state index in [0.717, 1.165) is 11.8 Å². The van der Waals surface area contributed by atoms with E-state index >= 15 is 0 Å². The van der Waals surface area contributed by atoms with Gasteiger partial charge in [0, 0.05) is 5.56 Å². The normalized spacial score (nSPS) is 12.1. The summed E-state index contributed by atoms with van der Waals surface area (Å²) >= 11 is 0. The Morgan fingerprint density at radius 1 is 1.53 bits per heavy atom. The Balaban J connectivity index is 2.57. The molecule has 1 atom stereocenters. The van der Waals surface area contributed by atoms with Gasteiger partial charge in [-0.2, -0.15) is 0 Å². The summed E-state index contributed by atoms with van der Waals surface area (Å²) in [4.78, 5) is 20.9. The molecule has 0 amide bonds. The van der Waals surface area contributed by atoms with Crippen LogP contribution in [0.3, 0.4) is 0 Å². The van der Waals surface area contributed by atoms with Gasteiger partial charge in [0.1, 0.15) is 12.3 Å². The van der Waals surface area contributed by atoms with Gasteiger partial charge >= 0.3 is 5.97 Å². The van der Waals surface area contributed by atoms with E-state index < -0.39 is 12.0 Å². The smallest absolute Gasteiger partial charge is 0.320 e. The lowest BCUT2D eigenvalue weighted by atomic mass is 10.0. The average Bonchev–Trinajstić information content (AvgIpc) is 2.26. The van der Waals surface area contributed by atoms with Crippen molar-refractivity contribution in [3.05, 3.63) is 35.4 Å². The van der Waals surface area contributed by atoms with E-state index in [4.69, 9.17) is 10.8 Å². The number of aliphatic carboxylic acids is 1. The van der Waals surface area contributed by atoms with E-state index in [0.29, 0.717) is 18.4 Å². The number of carboxylic acid groups (broad SMARTS) is 1. The number of hydrogen-bond acceptors (Lipinski definition) is 3. The van der Waals surface area contributed by atoms with Crippen molar-refractivity contribution in [2.45, 2.75) is 18.9 Å². The first-order chi connectivity index (χ1) is 7.13. The first kappa shape index (κ1) is 11.4. The van der Waals surface area contributed by atoms with Gasteiger partial charge < -0.3 is 10.8 Å². The van der Waals surface area contributed by atoms with Crippen LogP contribution in [0.25, 0.3) is 0 Å². The fourth-order valence-corrected chi connectivity index (χ4v) is 1.27. The van der Waals surface area contributed by atoms with Crippen molar-refractivity contribution in [2.75, 3.05) is 0 Å². The molecule has 0 bridgehead atoms. The van der Waals surface area contributed by atoms with Crippen molar-refractivity contribution in [3.8, 4) is 0 Å². The minimum absolute atomic E-state index is 0.373. The number of nitrogens with two attached hydrogens (primary N) is 1. The second-order valence-corrected chi connectivity index (χ2v) is 3.35. The standard InChI is InChI=1S/C11H13NO3/c12-10(11(14)15)5-4-8-2-1-3-9(6-8)7-13/h1-3,6-7,10H,4-5,12H2,(H,14,15)/t10-/m0/s1. The molecule has 0 aliphatic carbocycles.